The van der Waals surface area contributed by atoms with Gasteiger partial charge >= 0.3 is 6.36 Å². The Hall–Kier alpha value is -2.55. The highest BCUT2D eigenvalue weighted by Crippen LogP contribution is 2.42. The summed E-state index contributed by atoms with van der Waals surface area (Å²) < 4.78 is 74.2. The Morgan fingerprint density at radius 1 is 1.10 bits per heavy atom. The average Bonchev–Trinajstić information content (AvgIpc) is 2.91. The topological polar surface area (TPSA) is 38.8 Å². The normalized spacial score (nSPS) is 19.6. The number of carbonyl (C=O) groups excluding carboxylic acids is 1. The van der Waals surface area contributed by atoms with E-state index in [-0.39, 0.29) is 24.3 Å². The zero-order valence-electron chi connectivity index (χ0n) is 15.0. The molecule has 0 radical (unpaired) electrons. The average molecular weight is 436 g/mol. The van der Waals surface area contributed by atoms with E-state index < -0.39 is 41.1 Å². The minimum absolute atomic E-state index is 0.0202. The molecule has 1 saturated heterocycles. The first-order chi connectivity index (χ1) is 13.6. The van der Waals surface area contributed by atoms with E-state index in [4.69, 9.17) is 16.3 Å². The molecule has 1 heterocycles. The van der Waals surface area contributed by atoms with Crippen molar-refractivity contribution in [2.45, 2.75) is 30.7 Å². The molecule has 1 aliphatic heterocycles. The van der Waals surface area contributed by atoms with Crippen LogP contribution in [-0.2, 0) is 11.3 Å². The molecule has 2 aromatic rings. The van der Waals surface area contributed by atoms with E-state index in [0.29, 0.717) is 5.56 Å². The van der Waals surface area contributed by atoms with Gasteiger partial charge in [-0.05, 0) is 36.2 Å². The van der Waals surface area contributed by atoms with E-state index in [1.54, 1.807) is 0 Å². The van der Waals surface area contributed by atoms with E-state index in [0.717, 1.165) is 24.3 Å². The standard InChI is InChI=1S/C19H15ClF5NO3/c1-28-17-14(22)7-6-13(21)16(17)15-8-12(20)18(27)26(15)9-10-2-4-11(5-3-10)29-19(23,24)25/h2-7,12,15H,8-9H2,1H3/t12-,15+/m1/s1. The number of hydrogen-bond acceptors (Lipinski definition) is 3. The second kappa shape index (κ2) is 8.06. The van der Waals surface area contributed by atoms with Gasteiger partial charge in [0.25, 0.3) is 0 Å². The van der Waals surface area contributed by atoms with E-state index in [1.807, 2.05) is 0 Å². The summed E-state index contributed by atoms with van der Waals surface area (Å²) in [4.78, 5) is 13.8. The molecular weight excluding hydrogens is 421 g/mol. The van der Waals surface area contributed by atoms with Crippen molar-refractivity contribution < 1.29 is 36.2 Å². The van der Waals surface area contributed by atoms with Crippen LogP contribution in [0.25, 0.3) is 0 Å². The number of alkyl halides is 4. The molecule has 156 valence electrons. The molecule has 4 nitrogen and oxygen atoms in total. The lowest BCUT2D eigenvalue weighted by Crippen LogP contribution is -2.30. The molecule has 0 saturated carbocycles. The van der Waals surface area contributed by atoms with Crippen molar-refractivity contribution >= 4 is 17.5 Å². The zero-order chi connectivity index (χ0) is 21.3. The first-order valence-electron chi connectivity index (χ1n) is 8.42. The number of methoxy groups -OCH3 is 1. The quantitative estimate of drug-likeness (QED) is 0.492. The summed E-state index contributed by atoms with van der Waals surface area (Å²) in [6.07, 6.45) is -4.80. The lowest BCUT2D eigenvalue weighted by Gasteiger charge is -2.27. The Morgan fingerprint density at radius 2 is 1.72 bits per heavy atom. The number of nitrogens with zero attached hydrogens (tertiary/aromatic N) is 1. The first kappa shape index (κ1) is 21.2. The molecule has 1 aliphatic rings. The van der Waals surface area contributed by atoms with Gasteiger partial charge in [-0.25, -0.2) is 8.78 Å². The van der Waals surface area contributed by atoms with Crippen LogP contribution >= 0.6 is 11.6 Å². The Morgan fingerprint density at radius 3 is 2.31 bits per heavy atom. The third-order valence-electron chi connectivity index (χ3n) is 4.50. The second-order valence-corrected chi connectivity index (χ2v) is 6.88. The van der Waals surface area contributed by atoms with Gasteiger partial charge in [0, 0.05) is 6.54 Å². The van der Waals surface area contributed by atoms with Crippen LogP contribution in [0.3, 0.4) is 0 Å². The van der Waals surface area contributed by atoms with Gasteiger partial charge in [-0.3, -0.25) is 4.79 Å². The predicted octanol–water partition coefficient (Wildman–Crippen LogP) is 4.95. The summed E-state index contributed by atoms with van der Waals surface area (Å²) in [6, 6.07) is 5.82. The first-order valence-corrected chi connectivity index (χ1v) is 8.85. The van der Waals surface area contributed by atoms with Crippen LogP contribution in [0.15, 0.2) is 36.4 Å². The molecule has 0 unspecified atom stereocenters. The molecular formula is C19H15ClF5NO3. The number of hydrogen-bond donors (Lipinski definition) is 0. The molecule has 0 aromatic heterocycles. The van der Waals surface area contributed by atoms with Crippen molar-refractivity contribution in [3.8, 4) is 11.5 Å². The van der Waals surface area contributed by atoms with Gasteiger partial charge in [0.1, 0.15) is 16.9 Å². The van der Waals surface area contributed by atoms with Crippen molar-refractivity contribution in [1.29, 1.82) is 0 Å². The molecule has 29 heavy (non-hydrogen) atoms. The largest absolute Gasteiger partial charge is 0.573 e. The number of rotatable bonds is 5. The zero-order valence-corrected chi connectivity index (χ0v) is 15.7. The smallest absolute Gasteiger partial charge is 0.493 e. The fourth-order valence-corrected chi connectivity index (χ4v) is 3.57. The Kier molecular flexibility index (Phi) is 5.88. The number of halogens is 6. The summed E-state index contributed by atoms with van der Waals surface area (Å²) in [7, 11) is 1.18. The van der Waals surface area contributed by atoms with Gasteiger partial charge in [-0.2, -0.15) is 0 Å². The monoisotopic (exact) mass is 435 g/mol. The van der Waals surface area contributed by atoms with Crippen LogP contribution < -0.4 is 9.47 Å². The summed E-state index contributed by atoms with van der Waals surface area (Å²) in [5.74, 6) is -2.79. The van der Waals surface area contributed by atoms with Crippen molar-refractivity contribution in [2.24, 2.45) is 0 Å². The maximum Gasteiger partial charge on any atom is 0.573 e. The SMILES string of the molecule is COc1c(F)ccc(F)c1[C@@H]1C[C@@H](Cl)C(=O)N1Cc1ccc(OC(F)(F)F)cc1. The summed E-state index contributed by atoms with van der Waals surface area (Å²) in [5, 5.41) is -0.958. The fourth-order valence-electron chi connectivity index (χ4n) is 3.28. The fraction of sp³-hybridized carbons (Fsp3) is 0.316. The van der Waals surface area contributed by atoms with Crippen LogP contribution in [0.2, 0.25) is 0 Å². The highest BCUT2D eigenvalue weighted by Gasteiger charge is 2.42. The van der Waals surface area contributed by atoms with Crippen LogP contribution in [0.1, 0.15) is 23.6 Å². The molecule has 0 bridgehead atoms. The van der Waals surface area contributed by atoms with Gasteiger partial charge in [0.05, 0.1) is 18.7 Å². The van der Waals surface area contributed by atoms with Gasteiger partial charge in [-0.1, -0.05) is 12.1 Å². The second-order valence-electron chi connectivity index (χ2n) is 6.35. The van der Waals surface area contributed by atoms with Crippen LogP contribution in [0.5, 0.6) is 11.5 Å². The van der Waals surface area contributed by atoms with E-state index >= 15 is 0 Å². The molecule has 0 aliphatic carbocycles. The van der Waals surface area contributed by atoms with Gasteiger partial charge in [0.2, 0.25) is 5.91 Å². The number of carbonyl (C=O) groups is 1. The minimum Gasteiger partial charge on any atom is -0.493 e. The highest BCUT2D eigenvalue weighted by molar-refractivity contribution is 6.31. The van der Waals surface area contributed by atoms with E-state index in [9.17, 15) is 26.7 Å². The molecule has 2 atom stereocenters. The molecule has 1 amide bonds. The Bertz CT molecular complexity index is 904. The van der Waals surface area contributed by atoms with E-state index in [1.165, 1.54) is 24.1 Å². The van der Waals surface area contributed by atoms with Crippen molar-refractivity contribution in [3.63, 3.8) is 0 Å². The third-order valence-corrected chi connectivity index (χ3v) is 4.86. The number of amides is 1. The summed E-state index contributed by atoms with van der Waals surface area (Å²) in [5.41, 5.74) is 0.320. The van der Waals surface area contributed by atoms with Crippen LogP contribution in [-0.4, -0.2) is 29.7 Å². The number of likely N-dealkylation sites (tertiary alicyclic amines) is 1. The van der Waals surface area contributed by atoms with Crippen LogP contribution in [0, 0.1) is 11.6 Å². The van der Waals surface area contributed by atoms with Gasteiger partial charge in [0.15, 0.2) is 11.6 Å². The molecule has 3 rings (SSSR count). The third kappa shape index (κ3) is 4.55. The van der Waals surface area contributed by atoms with Crippen LogP contribution in [0.4, 0.5) is 22.0 Å². The lowest BCUT2D eigenvalue weighted by atomic mass is 10.0. The molecule has 10 heteroatoms. The molecule has 0 spiro atoms. The van der Waals surface area contributed by atoms with Gasteiger partial charge < -0.3 is 14.4 Å². The maximum atomic E-state index is 14.5. The Labute approximate surface area is 167 Å². The lowest BCUT2D eigenvalue weighted by molar-refractivity contribution is -0.274. The highest BCUT2D eigenvalue weighted by atomic mass is 35.5. The minimum atomic E-state index is -4.82. The summed E-state index contributed by atoms with van der Waals surface area (Å²) >= 11 is 6.06. The van der Waals surface area contributed by atoms with Crippen molar-refractivity contribution in [2.75, 3.05) is 7.11 Å². The molecule has 0 N–H and O–H groups in total. The predicted molar refractivity (Wildman–Crippen MR) is 93.6 cm³/mol. The number of benzene rings is 2. The Balaban J connectivity index is 1.90. The van der Waals surface area contributed by atoms with Gasteiger partial charge in [-0.15, -0.1) is 24.8 Å². The summed E-state index contributed by atoms with van der Waals surface area (Å²) in [6.45, 7) is -0.0713. The molecule has 2 aromatic carbocycles. The maximum absolute atomic E-state index is 14.5. The van der Waals surface area contributed by atoms with Crippen molar-refractivity contribution in [3.05, 3.63) is 59.2 Å². The molecule has 1 fully saturated rings. The van der Waals surface area contributed by atoms with E-state index in [2.05, 4.69) is 4.74 Å². The number of ether oxygens (including phenoxy) is 2. The van der Waals surface area contributed by atoms with Crippen molar-refractivity contribution in [1.82, 2.24) is 4.90 Å².